The standard InChI is InChI=1S/C10H15N3O3/c1-6(2)16-8-4-7(3)12-10(13-8)11-5-9(14)15/h4,6H,5H2,1-3H3,(H,14,15)(H,11,12,13). The van der Waals surface area contributed by atoms with Gasteiger partial charge in [0.2, 0.25) is 11.8 Å². The first-order chi connectivity index (χ1) is 7.47. The van der Waals surface area contributed by atoms with E-state index in [-0.39, 0.29) is 18.6 Å². The lowest BCUT2D eigenvalue weighted by molar-refractivity contribution is -0.134. The molecule has 0 radical (unpaired) electrons. The van der Waals surface area contributed by atoms with Crippen molar-refractivity contribution in [3.05, 3.63) is 11.8 Å². The van der Waals surface area contributed by atoms with E-state index >= 15 is 0 Å². The van der Waals surface area contributed by atoms with Crippen molar-refractivity contribution < 1.29 is 14.6 Å². The number of carboxylic acid groups (broad SMARTS) is 1. The summed E-state index contributed by atoms with van der Waals surface area (Å²) in [5.74, 6) is -0.259. The Morgan fingerprint density at radius 3 is 2.81 bits per heavy atom. The van der Waals surface area contributed by atoms with E-state index in [0.717, 1.165) is 5.69 Å². The summed E-state index contributed by atoms with van der Waals surface area (Å²) in [5.41, 5.74) is 0.721. The third-order valence-electron chi connectivity index (χ3n) is 1.58. The Labute approximate surface area is 93.7 Å². The fourth-order valence-corrected chi connectivity index (χ4v) is 1.08. The maximum absolute atomic E-state index is 10.4. The van der Waals surface area contributed by atoms with Gasteiger partial charge in [-0.05, 0) is 20.8 Å². The van der Waals surface area contributed by atoms with Crippen LogP contribution in [-0.2, 0) is 4.79 Å². The summed E-state index contributed by atoms with van der Waals surface area (Å²) >= 11 is 0. The molecule has 0 aliphatic heterocycles. The number of rotatable bonds is 5. The lowest BCUT2D eigenvalue weighted by Crippen LogP contribution is -2.15. The van der Waals surface area contributed by atoms with Gasteiger partial charge in [-0.3, -0.25) is 4.79 Å². The van der Waals surface area contributed by atoms with E-state index in [9.17, 15) is 4.79 Å². The maximum Gasteiger partial charge on any atom is 0.322 e. The Hall–Kier alpha value is -1.85. The van der Waals surface area contributed by atoms with Crippen LogP contribution in [0.25, 0.3) is 0 Å². The van der Waals surface area contributed by atoms with Gasteiger partial charge in [0.05, 0.1) is 6.10 Å². The largest absolute Gasteiger partial charge is 0.480 e. The van der Waals surface area contributed by atoms with Crippen LogP contribution in [-0.4, -0.2) is 33.7 Å². The molecule has 0 fully saturated rings. The number of anilines is 1. The molecule has 88 valence electrons. The number of nitrogens with zero attached hydrogens (tertiary/aromatic N) is 2. The number of hydrogen-bond donors (Lipinski definition) is 2. The van der Waals surface area contributed by atoms with Gasteiger partial charge in [-0.2, -0.15) is 4.98 Å². The minimum absolute atomic E-state index is 0.0154. The van der Waals surface area contributed by atoms with Crippen molar-refractivity contribution >= 4 is 11.9 Å². The van der Waals surface area contributed by atoms with Crippen LogP contribution in [0.5, 0.6) is 5.88 Å². The van der Waals surface area contributed by atoms with Crippen LogP contribution in [0.1, 0.15) is 19.5 Å². The van der Waals surface area contributed by atoms with Crippen LogP contribution < -0.4 is 10.1 Å². The van der Waals surface area contributed by atoms with Gasteiger partial charge in [0.1, 0.15) is 6.54 Å². The van der Waals surface area contributed by atoms with E-state index in [1.54, 1.807) is 13.0 Å². The molecule has 0 atom stereocenters. The van der Waals surface area contributed by atoms with Crippen molar-refractivity contribution in [2.75, 3.05) is 11.9 Å². The second-order valence-corrected chi connectivity index (χ2v) is 3.59. The van der Waals surface area contributed by atoms with Gasteiger partial charge in [0, 0.05) is 11.8 Å². The molecule has 0 spiro atoms. The molecule has 0 unspecified atom stereocenters. The first-order valence-corrected chi connectivity index (χ1v) is 4.95. The molecule has 1 aromatic heterocycles. The smallest absolute Gasteiger partial charge is 0.322 e. The quantitative estimate of drug-likeness (QED) is 0.779. The van der Waals surface area contributed by atoms with Crippen molar-refractivity contribution in [1.29, 1.82) is 0 Å². The Kier molecular flexibility index (Phi) is 4.04. The van der Waals surface area contributed by atoms with E-state index in [1.807, 2.05) is 13.8 Å². The van der Waals surface area contributed by atoms with Crippen molar-refractivity contribution in [3.8, 4) is 5.88 Å². The van der Waals surface area contributed by atoms with Crippen LogP contribution in [0.2, 0.25) is 0 Å². The molecule has 1 heterocycles. The topological polar surface area (TPSA) is 84.3 Å². The summed E-state index contributed by atoms with van der Waals surface area (Å²) in [6, 6.07) is 1.70. The summed E-state index contributed by atoms with van der Waals surface area (Å²) in [7, 11) is 0. The van der Waals surface area contributed by atoms with Gasteiger partial charge in [-0.15, -0.1) is 0 Å². The van der Waals surface area contributed by atoms with Crippen LogP contribution >= 0.6 is 0 Å². The Morgan fingerprint density at radius 2 is 2.25 bits per heavy atom. The van der Waals surface area contributed by atoms with Crippen LogP contribution in [0.3, 0.4) is 0 Å². The van der Waals surface area contributed by atoms with Gasteiger partial charge in [-0.25, -0.2) is 4.98 Å². The van der Waals surface area contributed by atoms with Gasteiger partial charge in [-0.1, -0.05) is 0 Å². The first-order valence-electron chi connectivity index (χ1n) is 4.95. The fraction of sp³-hybridized carbons (Fsp3) is 0.500. The number of carbonyl (C=O) groups is 1. The molecule has 0 aromatic carbocycles. The molecule has 16 heavy (non-hydrogen) atoms. The predicted molar refractivity (Wildman–Crippen MR) is 58.7 cm³/mol. The van der Waals surface area contributed by atoms with E-state index < -0.39 is 5.97 Å². The zero-order valence-electron chi connectivity index (χ0n) is 9.52. The lowest BCUT2D eigenvalue weighted by atomic mass is 10.4. The molecule has 6 nitrogen and oxygen atoms in total. The highest BCUT2D eigenvalue weighted by molar-refractivity contribution is 5.71. The maximum atomic E-state index is 10.4. The van der Waals surface area contributed by atoms with E-state index in [2.05, 4.69) is 15.3 Å². The Balaban J connectivity index is 2.77. The zero-order chi connectivity index (χ0) is 12.1. The SMILES string of the molecule is Cc1cc(OC(C)C)nc(NCC(=O)O)n1. The molecule has 0 aliphatic rings. The zero-order valence-corrected chi connectivity index (χ0v) is 9.52. The molecule has 2 N–H and O–H groups in total. The van der Waals surface area contributed by atoms with Crippen LogP contribution in [0.15, 0.2) is 6.07 Å². The molecule has 0 bridgehead atoms. The molecule has 0 saturated heterocycles. The average Bonchev–Trinajstić information content (AvgIpc) is 2.12. The fourth-order valence-electron chi connectivity index (χ4n) is 1.08. The van der Waals surface area contributed by atoms with Gasteiger partial charge in [0.15, 0.2) is 0 Å². The number of carboxylic acids is 1. The van der Waals surface area contributed by atoms with Crippen LogP contribution in [0, 0.1) is 6.92 Å². The number of aliphatic carboxylic acids is 1. The summed E-state index contributed by atoms with van der Waals surface area (Å²) in [6.07, 6.45) is 0.0154. The summed E-state index contributed by atoms with van der Waals surface area (Å²) in [5, 5.41) is 11.1. The molecular weight excluding hydrogens is 210 g/mol. The van der Waals surface area contributed by atoms with Crippen molar-refractivity contribution in [2.24, 2.45) is 0 Å². The van der Waals surface area contributed by atoms with Crippen LogP contribution in [0.4, 0.5) is 5.95 Å². The monoisotopic (exact) mass is 225 g/mol. The Bertz CT molecular complexity index is 380. The highest BCUT2D eigenvalue weighted by Gasteiger charge is 2.05. The van der Waals surface area contributed by atoms with E-state index in [1.165, 1.54) is 0 Å². The Morgan fingerprint density at radius 1 is 1.56 bits per heavy atom. The minimum atomic E-state index is -0.962. The van der Waals surface area contributed by atoms with Crippen molar-refractivity contribution in [2.45, 2.75) is 26.9 Å². The molecule has 6 heteroatoms. The van der Waals surface area contributed by atoms with Gasteiger partial charge >= 0.3 is 5.97 Å². The second kappa shape index (κ2) is 5.29. The molecule has 1 aromatic rings. The summed E-state index contributed by atoms with van der Waals surface area (Å²) in [4.78, 5) is 18.5. The lowest BCUT2D eigenvalue weighted by Gasteiger charge is -2.10. The summed E-state index contributed by atoms with van der Waals surface area (Å²) < 4.78 is 5.40. The van der Waals surface area contributed by atoms with Crippen molar-refractivity contribution in [1.82, 2.24) is 9.97 Å². The van der Waals surface area contributed by atoms with Crippen molar-refractivity contribution in [3.63, 3.8) is 0 Å². The molecule has 0 aliphatic carbocycles. The molecule has 0 saturated carbocycles. The van der Waals surface area contributed by atoms with Gasteiger partial charge < -0.3 is 15.2 Å². The highest BCUT2D eigenvalue weighted by atomic mass is 16.5. The number of ether oxygens (including phenoxy) is 1. The number of aryl methyl sites for hydroxylation is 1. The number of hydrogen-bond acceptors (Lipinski definition) is 5. The molecule has 0 amide bonds. The van der Waals surface area contributed by atoms with E-state index in [0.29, 0.717) is 5.88 Å². The third-order valence-corrected chi connectivity index (χ3v) is 1.58. The summed E-state index contributed by atoms with van der Waals surface area (Å²) in [6.45, 7) is 5.36. The average molecular weight is 225 g/mol. The minimum Gasteiger partial charge on any atom is -0.480 e. The van der Waals surface area contributed by atoms with Gasteiger partial charge in [0.25, 0.3) is 0 Å². The number of nitrogens with one attached hydrogen (secondary N) is 1. The highest BCUT2D eigenvalue weighted by Crippen LogP contribution is 2.13. The predicted octanol–water partition coefficient (Wildman–Crippen LogP) is 1.07. The third kappa shape index (κ3) is 4.12. The molecule has 1 rings (SSSR count). The van der Waals surface area contributed by atoms with E-state index in [4.69, 9.17) is 9.84 Å². The number of aromatic nitrogens is 2. The normalized spacial score (nSPS) is 10.2. The molecular formula is C10H15N3O3. The second-order valence-electron chi connectivity index (χ2n) is 3.59. The first kappa shape index (κ1) is 12.2.